The van der Waals surface area contributed by atoms with Crippen molar-refractivity contribution in [3.05, 3.63) is 46.6 Å². The maximum absolute atomic E-state index is 6.14. The van der Waals surface area contributed by atoms with Gasteiger partial charge < -0.3 is 26.0 Å². The summed E-state index contributed by atoms with van der Waals surface area (Å²) in [4.78, 5) is 8.73. The number of hydrogen-bond donors (Lipinski definition) is 4. The molecule has 1 fully saturated rings. The molecule has 1 aromatic carbocycles. The van der Waals surface area contributed by atoms with Crippen molar-refractivity contribution in [1.29, 1.82) is 0 Å². The van der Waals surface area contributed by atoms with Gasteiger partial charge in [-0.05, 0) is 50.4 Å². The minimum atomic E-state index is 0.404. The predicted octanol–water partition coefficient (Wildman–Crippen LogP) is 4.59. The van der Waals surface area contributed by atoms with Crippen molar-refractivity contribution in [3.63, 3.8) is 0 Å². The minimum absolute atomic E-state index is 0.404. The van der Waals surface area contributed by atoms with E-state index in [0.717, 1.165) is 25.7 Å². The fourth-order valence-electron chi connectivity index (χ4n) is 4.00. The van der Waals surface area contributed by atoms with Gasteiger partial charge in [-0.25, -0.2) is 4.98 Å². The Balaban J connectivity index is 1.32. The fourth-order valence-corrected chi connectivity index (χ4v) is 4.18. The van der Waals surface area contributed by atoms with E-state index in [-0.39, 0.29) is 0 Å². The molecule has 3 rings (SSSR count). The van der Waals surface area contributed by atoms with E-state index in [1.807, 2.05) is 6.92 Å². The molecule has 7 nitrogen and oxygen atoms in total. The molecule has 182 valence electrons. The van der Waals surface area contributed by atoms with Crippen LogP contribution in [-0.2, 0) is 17.8 Å². The van der Waals surface area contributed by atoms with Gasteiger partial charge in [0.1, 0.15) is 11.0 Å². The lowest BCUT2D eigenvalue weighted by Gasteiger charge is -2.22. The predicted molar refractivity (Wildman–Crippen MR) is 137 cm³/mol. The maximum Gasteiger partial charge on any atom is 0.226 e. The monoisotopic (exact) mass is 474 g/mol. The van der Waals surface area contributed by atoms with Gasteiger partial charge in [-0.15, -0.1) is 0 Å². The van der Waals surface area contributed by atoms with Gasteiger partial charge in [-0.2, -0.15) is 4.98 Å². The maximum atomic E-state index is 6.14. The van der Waals surface area contributed by atoms with E-state index in [2.05, 4.69) is 55.5 Å². The topological polar surface area (TPSA) is 83.1 Å². The molecule has 0 saturated heterocycles. The summed E-state index contributed by atoms with van der Waals surface area (Å²) < 4.78 is 5.33. The van der Waals surface area contributed by atoms with Gasteiger partial charge in [0.25, 0.3) is 0 Å². The molecule has 1 aromatic heterocycles. The number of nitrogens with zero attached hydrogens (tertiary/aromatic N) is 2. The van der Waals surface area contributed by atoms with Crippen LogP contribution in [0.15, 0.2) is 30.3 Å². The summed E-state index contributed by atoms with van der Waals surface area (Å²) in [6.45, 7) is 7.65. The first-order valence-corrected chi connectivity index (χ1v) is 12.7. The quantitative estimate of drug-likeness (QED) is 0.222. The molecule has 0 amide bonds. The van der Waals surface area contributed by atoms with Crippen molar-refractivity contribution >= 4 is 23.4 Å². The number of nitrogens with one attached hydrogen (secondary N) is 4. The van der Waals surface area contributed by atoms with Gasteiger partial charge in [-0.1, -0.05) is 55.1 Å². The van der Waals surface area contributed by atoms with Crippen molar-refractivity contribution in [1.82, 2.24) is 20.6 Å². The van der Waals surface area contributed by atoms with Crippen LogP contribution in [0.1, 0.15) is 56.6 Å². The lowest BCUT2D eigenvalue weighted by molar-refractivity contribution is 0.158. The second kappa shape index (κ2) is 15.1. The number of halogens is 1. The van der Waals surface area contributed by atoms with Crippen LogP contribution >= 0.6 is 11.6 Å². The van der Waals surface area contributed by atoms with Crippen LogP contribution < -0.4 is 21.3 Å². The molecule has 0 unspecified atom stereocenters. The van der Waals surface area contributed by atoms with E-state index >= 15 is 0 Å². The molecule has 0 aliphatic heterocycles. The number of ether oxygens (including phenoxy) is 1. The lowest BCUT2D eigenvalue weighted by Crippen LogP contribution is -2.33. The Labute approximate surface area is 203 Å². The number of rotatable bonds is 15. The van der Waals surface area contributed by atoms with Crippen LogP contribution in [0.5, 0.6) is 0 Å². The zero-order valence-corrected chi connectivity index (χ0v) is 20.6. The highest BCUT2D eigenvalue weighted by Crippen LogP contribution is 2.17. The van der Waals surface area contributed by atoms with Crippen LogP contribution in [0.3, 0.4) is 0 Å². The van der Waals surface area contributed by atoms with Gasteiger partial charge in [-0.3, -0.25) is 0 Å². The molecule has 0 bridgehead atoms. The Kier molecular flexibility index (Phi) is 11.7. The van der Waals surface area contributed by atoms with Crippen LogP contribution in [0.4, 0.5) is 11.8 Å². The minimum Gasteiger partial charge on any atom is -0.380 e. The molecular weight excluding hydrogens is 436 g/mol. The normalized spacial score (nSPS) is 14.4. The van der Waals surface area contributed by atoms with Crippen LogP contribution in [0.25, 0.3) is 0 Å². The molecule has 1 aliphatic rings. The summed E-state index contributed by atoms with van der Waals surface area (Å²) in [5.74, 6) is 1.20. The van der Waals surface area contributed by atoms with E-state index in [9.17, 15) is 0 Å². The highest BCUT2D eigenvalue weighted by Gasteiger charge is 2.11. The average molecular weight is 475 g/mol. The third-order valence-corrected chi connectivity index (χ3v) is 6.02. The molecular formula is C25H39ClN6O. The second-order valence-corrected chi connectivity index (χ2v) is 8.90. The molecule has 1 saturated carbocycles. The molecule has 1 heterocycles. The molecule has 33 heavy (non-hydrogen) atoms. The Morgan fingerprint density at radius 3 is 2.45 bits per heavy atom. The standard InChI is InChI=1S/C25H39ClN6O/c1-2-33-16-15-29-24-17-23(26)31-25(32-24)30-19-21-11-9-20(10-12-21)18-27-13-6-14-28-22-7-4-3-5-8-22/h9-12,17,22,27-28H,2-8,13-16,18-19H2,1H3,(H2,29,30,31,32). The first kappa shape index (κ1) is 25.7. The molecule has 0 radical (unpaired) electrons. The zero-order chi connectivity index (χ0) is 23.1. The number of benzene rings is 1. The van der Waals surface area contributed by atoms with E-state index in [1.165, 1.54) is 49.7 Å². The summed E-state index contributed by atoms with van der Waals surface area (Å²) in [7, 11) is 0. The first-order chi connectivity index (χ1) is 16.2. The number of aromatic nitrogens is 2. The Morgan fingerprint density at radius 2 is 1.70 bits per heavy atom. The van der Waals surface area contributed by atoms with Gasteiger partial charge in [0.2, 0.25) is 5.95 Å². The highest BCUT2D eigenvalue weighted by molar-refractivity contribution is 6.29. The van der Waals surface area contributed by atoms with Crippen molar-refractivity contribution in [2.24, 2.45) is 0 Å². The second-order valence-electron chi connectivity index (χ2n) is 8.51. The summed E-state index contributed by atoms with van der Waals surface area (Å²) in [5.41, 5.74) is 2.46. The van der Waals surface area contributed by atoms with Gasteiger partial charge >= 0.3 is 0 Å². The van der Waals surface area contributed by atoms with E-state index in [0.29, 0.717) is 43.2 Å². The zero-order valence-electron chi connectivity index (χ0n) is 19.8. The largest absolute Gasteiger partial charge is 0.380 e. The molecule has 1 aliphatic carbocycles. The van der Waals surface area contributed by atoms with Crippen molar-refractivity contribution < 1.29 is 4.74 Å². The first-order valence-electron chi connectivity index (χ1n) is 12.3. The van der Waals surface area contributed by atoms with Crippen LogP contribution in [0.2, 0.25) is 5.15 Å². The Hall–Kier alpha value is -1.93. The highest BCUT2D eigenvalue weighted by atomic mass is 35.5. The average Bonchev–Trinajstić information content (AvgIpc) is 2.84. The molecule has 8 heteroatoms. The van der Waals surface area contributed by atoms with Gasteiger partial charge in [0.15, 0.2) is 0 Å². The smallest absolute Gasteiger partial charge is 0.226 e. The van der Waals surface area contributed by atoms with Crippen LogP contribution in [-0.4, -0.2) is 48.9 Å². The van der Waals surface area contributed by atoms with Crippen molar-refractivity contribution in [3.8, 4) is 0 Å². The third-order valence-electron chi connectivity index (χ3n) is 5.82. The van der Waals surface area contributed by atoms with Crippen LogP contribution in [0, 0.1) is 0 Å². The SMILES string of the molecule is CCOCCNc1cc(Cl)nc(NCc2ccc(CNCCCNC3CCCCC3)cc2)n1. The fraction of sp³-hybridized carbons (Fsp3) is 0.600. The number of anilines is 2. The number of hydrogen-bond acceptors (Lipinski definition) is 7. The van der Waals surface area contributed by atoms with Gasteiger partial charge in [0.05, 0.1) is 6.61 Å². The van der Waals surface area contributed by atoms with E-state index in [4.69, 9.17) is 16.3 Å². The van der Waals surface area contributed by atoms with E-state index in [1.54, 1.807) is 6.07 Å². The summed E-state index contributed by atoms with van der Waals surface area (Å²) in [6.07, 6.45) is 8.06. The van der Waals surface area contributed by atoms with Crippen molar-refractivity contribution in [2.75, 3.05) is 43.5 Å². The lowest BCUT2D eigenvalue weighted by atomic mass is 9.95. The van der Waals surface area contributed by atoms with E-state index < -0.39 is 0 Å². The Morgan fingerprint density at radius 1 is 0.939 bits per heavy atom. The Bertz CT molecular complexity index is 798. The summed E-state index contributed by atoms with van der Waals surface area (Å²) in [6, 6.07) is 11.1. The molecule has 0 spiro atoms. The molecule has 0 atom stereocenters. The van der Waals surface area contributed by atoms with Crippen molar-refractivity contribution in [2.45, 2.75) is 64.6 Å². The third kappa shape index (κ3) is 10.3. The molecule has 2 aromatic rings. The van der Waals surface area contributed by atoms with Gasteiger partial charge in [0, 0.05) is 38.3 Å². The summed E-state index contributed by atoms with van der Waals surface area (Å²) in [5, 5.41) is 14.1. The molecule has 4 N–H and O–H groups in total. The summed E-state index contributed by atoms with van der Waals surface area (Å²) >= 11 is 6.14.